The average Bonchev–Trinajstić information content (AvgIpc) is 2.86. The molecule has 1 amide bonds. The van der Waals surface area contributed by atoms with Gasteiger partial charge in [-0.05, 0) is 47.2 Å². The molecular weight excluding hydrogens is 464 g/mol. The molecule has 6 nitrogen and oxygen atoms in total. The predicted octanol–water partition coefficient (Wildman–Crippen LogP) is 4.39. The Morgan fingerprint density at radius 1 is 0.971 bits per heavy atom. The summed E-state index contributed by atoms with van der Waals surface area (Å²) in [6.07, 6.45) is 1.56. The van der Waals surface area contributed by atoms with E-state index < -0.39 is 17.9 Å². The summed E-state index contributed by atoms with van der Waals surface area (Å²) in [5, 5.41) is 22.3. The maximum Gasteiger partial charge on any atom is 0.326 e. The van der Waals surface area contributed by atoms with Crippen molar-refractivity contribution in [2.45, 2.75) is 38.0 Å². The molecule has 1 aliphatic heterocycles. The average molecular weight is 493 g/mol. The number of piperidine rings is 1. The topological polar surface area (TPSA) is 89.9 Å². The minimum absolute atomic E-state index is 0.156. The van der Waals surface area contributed by atoms with Crippen LogP contribution >= 0.6 is 11.6 Å². The molecule has 1 fully saturated rings. The standard InChI is InChI=1S/C28H29ClN2O4/c29-25-8-4-3-7-24(25)27(33)30-26(28(34)35)17-19-9-11-20(12-10-19)23-6-2-1-5-21(23)18-31-15-13-22(32)14-16-31/h1-12,22,26,32H,13-18H2,(H,30,33)(H,34,35)/t26-/m0/s1. The Morgan fingerprint density at radius 3 is 2.31 bits per heavy atom. The summed E-state index contributed by atoms with van der Waals surface area (Å²) >= 11 is 6.08. The molecule has 0 radical (unpaired) electrons. The molecule has 1 atom stereocenters. The third-order valence-corrected chi connectivity index (χ3v) is 6.72. The number of carbonyl (C=O) groups is 2. The summed E-state index contributed by atoms with van der Waals surface area (Å²) in [6, 6.07) is 21.5. The minimum Gasteiger partial charge on any atom is -0.480 e. The fourth-order valence-electron chi connectivity index (χ4n) is 4.40. The minimum atomic E-state index is -1.11. The van der Waals surface area contributed by atoms with Crippen LogP contribution < -0.4 is 5.32 Å². The molecule has 35 heavy (non-hydrogen) atoms. The lowest BCUT2D eigenvalue weighted by Gasteiger charge is -2.30. The van der Waals surface area contributed by atoms with Crippen LogP contribution in [0, 0.1) is 0 Å². The second kappa shape index (κ2) is 11.5. The highest BCUT2D eigenvalue weighted by Gasteiger charge is 2.22. The molecule has 0 bridgehead atoms. The number of rotatable bonds is 8. The molecule has 7 heteroatoms. The number of nitrogens with one attached hydrogen (secondary N) is 1. The van der Waals surface area contributed by atoms with Crippen molar-refractivity contribution in [1.29, 1.82) is 0 Å². The molecule has 3 aromatic carbocycles. The van der Waals surface area contributed by atoms with Crippen LogP contribution in [0.3, 0.4) is 0 Å². The maximum absolute atomic E-state index is 12.6. The summed E-state index contributed by atoms with van der Waals surface area (Å²) in [5.74, 6) is -1.62. The molecule has 1 saturated heterocycles. The van der Waals surface area contributed by atoms with E-state index in [4.69, 9.17) is 11.6 Å². The normalized spacial score (nSPS) is 15.5. The second-order valence-corrected chi connectivity index (χ2v) is 9.32. The second-order valence-electron chi connectivity index (χ2n) is 8.91. The Bertz CT molecular complexity index is 1170. The molecule has 3 N–H and O–H groups in total. The van der Waals surface area contributed by atoms with Crippen LogP contribution in [-0.4, -0.2) is 52.2 Å². The van der Waals surface area contributed by atoms with Gasteiger partial charge >= 0.3 is 5.97 Å². The number of hydrogen-bond acceptors (Lipinski definition) is 4. The van der Waals surface area contributed by atoms with E-state index in [1.54, 1.807) is 24.3 Å². The van der Waals surface area contributed by atoms with Crippen LogP contribution in [0.25, 0.3) is 11.1 Å². The van der Waals surface area contributed by atoms with E-state index in [9.17, 15) is 19.8 Å². The zero-order chi connectivity index (χ0) is 24.8. The first-order valence-electron chi connectivity index (χ1n) is 11.8. The predicted molar refractivity (Wildman–Crippen MR) is 136 cm³/mol. The monoisotopic (exact) mass is 492 g/mol. The number of aliphatic hydroxyl groups excluding tert-OH is 1. The van der Waals surface area contributed by atoms with Gasteiger partial charge in [-0.15, -0.1) is 0 Å². The number of aliphatic hydroxyl groups is 1. The number of amides is 1. The number of halogens is 1. The van der Waals surface area contributed by atoms with Crippen LogP contribution in [0.15, 0.2) is 72.8 Å². The summed E-state index contributed by atoms with van der Waals surface area (Å²) in [5.41, 5.74) is 4.45. The van der Waals surface area contributed by atoms with E-state index in [0.717, 1.165) is 49.2 Å². The van der Waals surface area contributed by atoms with Gasteiger partial charge < -0.3 is 15.5 Å². The first-order valence-corrected chi connectivity index (χ1v) is 12.1. The van der Waals surface area contributed by atoms with Crippen LogP contribution in [0.4, 0.5) is 0 Å². The molecule has 0 spiro atoms. The van der Waals surface area contributed by atoms with Gasteiger partial charge in [0.2, 0.25) is 0 Å². The molecule has 0 aromatic heterocycles. The van der Waals surface area contributed by atoms with Crippen molar-refractivity contribution in [3.05, 3.63) is 94.5 Å². The lowest BCUT2D eigenvalue weighted by molar-refractivity contribution is -0.139. The molecule has 1 aliphatic rings. The van der Waals surface area contributed by atoms with Gasteiger partial charge in [-0.25, -0.2) is 4.79 Å². The van der Waals surface area contributed by atoms with E-state index >= 15 is 0 Å². The Morgan fingerprint density at radius 2 is 1.63 bits per heavy atom. The van der Waals surface area contributed by atoms with Crippen LogP contribution in [0.2, 0.25) is 5.02 Å². The SMILES string of the molecule is O=C(N[C@@H](Cc1ccc(-c2ccccc2CN2CCC(O)CC2)cc1)C(=O)O)c1ccccc1Cl. The van der Waals surface area contributed by atoms with E-state index in [2.05, 4.69) is 22.3 Å². The van der Waals surface area contributed by atoms with Crippen molar-refractivity contribution in [3.8, 4) is 11.1 Å². The first-order chi connectivity index (χ1) is 16.9. The van der Waals surface area contributed by atoms with Gasteiger partial charge in [0.05, 0.1) is 16.7 Å². The van der Waals surface area contributed by atoms with Gasteiger partial charge in [-0.2, -0.15) is 0 Å². The highest BCUT2D eigenvalue weighted by molar-refractivity contribution is 6.33. The van der Waals surface area contributed by atoms with Gasteiger partial charge in [0.25, 0.3) is 5.91 Å². The molecule has 0 unspecified atom stereocenters. The van der Waals surface area contributed by atoms with E-state index in [-0.39, 0.29) is 23.1 Å². The maximum atomic E-state index is 12.6. The summed E-state index contributed by atoms with van der Waals surface area (Å²) in [7, 11) is 0. The number of aliphatic carboxylic acids is 1. The van der Waals surface area contributed by atoms with Gasteiger partial charge in [0.15, 0.2) is 0 Å². The fraction of sp³-hybridized carbons (Fsp3) is 0.286. The lowest BCUT2D eigenvalue weighted by Crippen LogP contribution is -2.42. The molecule has 3 aromatic rings. The van der Waals surface area contributed by atoms with Gasteiger partial charge in [0, 0.05) is 26.1 Å². The number of carbonyl (C=O) groups excluding carboxylic acids is 1. The van der Waals surface area contributed by atoms with Crippen molar-refractivity contribution >= 4 is 23.5 Å². The number of benzene rings is 3. The number of carboxylic acid groups (broad SMARTS) is 1. The number of carboxylic acids is 1. The lowest BCUT2D eigenvalue weighted by atomic mass is 9.96. The van der Waals surface area contributed by atoms with Gasteiger partial charge in [-0.3, -0.25) is 9.69 Å². The largest absolute Gasteiger partial charge is 0.480 e. The third-order valence-electron chi connectivity index (χ3n) is 6.40. The molecule has 1 heterocycles. The number of hydrogen-bond donors (Lipinski definition) is 3. The van der Waals surface area contributed by atoms with Gasteiger partial charge in [-0.1, -0.05) is 72.3 Å². The Balaban J connectivity index is 1.45. The quantitative estimate of drug-likeness (QED) is 0.434. The summed E-state index contributed by atoms with van der Waals surface area (Å²) in [6.45, 7) is 2.58. The smallest absolute Gasteiger partial charge is 0.326 e. The van der Waals surface area contributed by atoms with Crippen molar-refractivity contribution in [2.75, 3.05) is 13.1 Å². The molecule has 182 valence electrons. The van der Waals surface area contributed by atoms with Crippen molar-refractivity contribution in [1.82, 2.24) is 10.2 Å². The Kier molecular flexibility index (Phi) is 8.18. The first kappa shape index (κ1) is 24.9. The summed E-state index contributed by atoms with van der Waals surface area (Å²) in [4.78, 5) is 26.7. The van der Waals surface area contributed by atoms with Crippen LogP contribution in [-0.2, 0) is 17.8 Å². The highest BCUT2D eigenvalue weighted by Crippen LogP contribution is 2.26. The van der Waals surface area contributed by atoms with E-state index in [1.807, 2.05) is 36.4 Å². The van der Waals surface area contributed by atoms with Crippen molar-refractivity contribution < 1.29 is 19.8 Å². The van der Waals surface area contributed by atoms with Gasteiger partial charge in [0.1, 0.15) is 6.04 Å². The summed E-state index contributed by atoms with van der Waals surface area (Å²) < 4.78 is 0. The van der Waals surface area contributed by atoms with Crippen molar-refractivity contribution in [3.63, 3.8) is 0 Å². The fourth-order valence-corrected chi connectivity index (χ4v) is 4.62. The van der Waals surface area contributed by atoms with Crippen LogP contribution in [0.5, 0.6) is 0 Å². The van der Waals surface area contributed by atoms with E-state index in [1.165, 1.54) is 5.56 Å². The highest BCUT2D eigenvalue weighted by atomic mass is 35.5. The Hall–Kier alpha value is -3.19. The zero-order valence-electron chi connectivity index (χ0n) is 19.4. The number of nitrogens with zero attached hydrogens (tertiary/aromatic N) is 1. The third kappa shape index (κ3) is 6.48. The zero-order valence-corrected chi connectivity index (χ0v) is 20.1. The molecule has 0 aliphatic carbocycles. The van der Waals surface area contributed by atoms with Crippen LogP contribution in [0.1, 0.15) is 34.3 Å². The number of likely N-dealkylation sites (tertiary alicyclic amines) is 1. The Labute approximate surface area is 210 Å². The van der Waals surface area contributed by atoms with Crippen molar-refractivity contribution in [2.24, 2.45) is 0 Å². The molecule has 0 saturated carbocycles. The molecule has 4 rings (SSSR count). The molecular formula is C28H29ClN2O4. The van der Waals surface area contributed by atoms with E-state index in [0.29, 0.717) is 0 Å².